The van der Waals surface area contributed by atoms with E-state index < -0.39 is 22.2 Å². The highest BCUT2D eigenvalue weighted by atomic mass is 32.2. The molecule has 2 N–H and O–H groups in total. The van der Waals surface area contributed by atoms with E-state index in [1.165, 1.54) is 19.3 Å². The number of hydrogen-bond acceptors (Lipinski definition) is 4. The lowest BCUT2D eigenvalue weighted by Gasteiger charge is -2.27. The molecule has 2 aromatic rings. The van der Waals surface area contributed by atoms with E-state index in [0.717, 1.165) is 24.2 Å². The minimum atomic E-state index is -3.69. The van der Waals surface area contributed by atoms with Crippen LogP contribution in [0.3, 0.4) is 0 Å². The van der Waals surface area contributed by atoms with Gasteiger partial charge in [-0.3, -0.25) is 0 Å². The number of aliphatic hydroxyl groups excluding tert-OH is 1. The summed E-state index contributed by atoms with van der Waals surface area (Å²) in [7, 11) is -3.69. The summed E-state index contributed by atoms with van der Waals surface area (Å²) < 4.78 is 28.5. The standard InChI is InChI=1S/C23H30N2O3S/c1-19-10-13-22(14-11-19)29(27,28)24-23(20-8-4-2-5-9-20)15-12-21(26)18-25-16-6-3-7-17-25/h2,4-5,8-15,21,23-24,26H,3,6-7,16-18H2,1H3/t21-,23+/m0/s1. The van der Waals surface area contributed by atoms with Gasteiger partial charge in [-0.1, -0.05) is 66.6 Å². The maximum atomic E-state index is 12.9. The largest absolute Gasteiger partial charge is 0.388 e. The molecule has 5 nitrogen and oxygen atoms in total. The molecule has 0 spiro atoms. The Hall–Kier alpha value is -1.99. The van der Waals surface area contributed by atoms with Gasteiger partial charge in [-0.25, -0.2) is 8.42 Å². The van der Waals surface area contributed by atoms with Crippen molar-refractivity contribution in [1.29, 1.82) is 0 Å². The summed E-state index contributed by atoms with van der Waals surface area (Å²) in [5.74, 6) is 0. The predicted molar refractivity (Wildman–Crippen MR) is 116 cm³/mol. The van der Waals surface area contributed by atoms with Crippen LogP contribution in [-0.4, -0.2) is 44.2 Å². The van der Waals surface area contributed by atoms with Gasteiger partial charge in [0, 0.05) is 6.54 Å². The molecule has 1 aliphatic heterocycles. The zero-order valence-corrected chi connectivity index (χ0v) is 17.7. The summed E-state index contributed by atoms with van der Waals surface area (Å²) in [5, 5.41) is 10.4. The van der Waals surface area contributed by atoms with Gasteiger partial charge in [0.25, 0.3) is 0 Å². The van der Waals surface area contributed by atoms with Gasteiger partial charge < -0.3 is 10.0 Å². The van der Waals surface area contributed by atoms with Crippen LogP contribution in [-0.2, 0) is 10.0 Å². The van der Waals surface area contributed by atoms with E-state index in [1.807, 2.05) is 37.3 Å². The Bertz CT molecular complexity index is 889. The molecule has 2 atom stereocenters. The second-order valence-corrected chi connectivity index (χ2v) is 9.35. The van der Waals surface area contributed by atoms with Crippen molar-refractivity contribution < 1.29 is 13.5 Å². The van der Waals surface area contributed by atoms with E-state index in [1.54, 1.807) is 36.4 Å². The number of hydrogen-bond donors (Lipinski definition) is 2. The molecule has 1 aliphatic rings. The zero-order valence-electron chi connectivity index (χ0n) is 16.9. The van der Waals surface area contributed by atoms with Gasteiger partial charge in [0.2, 0.25) is 10.0 Å². The normalized spacial score (nSPS) is 18.0. The van der Waals surface area contributed by atoms with Crippen molar-refractivity contribution in [3.63, 3.8) is 0 Å². The third-order valence-electron chi connectivity index (χ3n) is 5.19. The van der Waals surface area contributed by atoms with Crippen molar-refractivity contribution in [2.24, 2.45) is 0 Å². The number of β-amino-alcohol motifs (C(OH)–C–C–N with tert-alkyl or cyclic N) is 1. The van der Waals surface area contributed by atoms with Crippen LogP contribution in [0, 0.1) is 6.92 Å². The summed E-state index contributed by atoms with van der Waals surface area (Å²) in [6, 6.07) is 15.6. The molecule has 0 amide bonds. The van der Waals surface area contributed by atoms with Gasteiger partial charge in [-0.05, 0) is 50.6 Å². The fourth-order valence-electron chi connectivity index (χ4n) is 3.54. The molecule has 6 heteroatoms. The van der Waals surface area contributed by atoms with Gasteiger partial charge in [0.05, 0.1) is 17.0 Å². The number of aliphatic hydroxyl groups is 1. The van der Waals surface area contributed by atoms with Crippen molar-refractivity contribution in [3.05, 3.63) is 77.9 Å². The summed E-state index contributed by atoms with van der Waals surface area (Å²) in [6.07, 6.45) is 6.39. The van der Waals surface area contributed by atoms with Gasteiger partial charge in [0.15, 0.2) is 0 Å². The van der Waals surface area contributed by atoms with Crippen molar-refractivity contribution in [2.75, 3.05) is 19.6 Å². The van der Waals surface area contributed by atoms with Crippen molar-refractivity contribution >= 4 is 10.0 Å². The highest BCUT2D eigenvalue weighted by Gasteiger charge is 2.20. The van der Waals surface area contributed by atoms with Gasteiger partial charge in [0.1, 0.15) is 0 Å². The van der Waals surface area contributed by atoms with E-state index in [9.17, 15) is 13.5 Å². The van der Waals surface area contributed by atoms with Crippen LogP contribution in [0.2, 0.25) is 0 Å². The Kier molecular flexibility index (Phi) is 7.61. The quantitative estimate of drug-likeness (QED) is 0.650. The van der Waals surface area contributed by atoms with E-state index in [2.05, 4.69) is 9.62 Å². The maximum absolute atomic E-state index is 12.9. The Balaban J connectivity index is 1.75. The SMILES string of the molecule is Cc1ccc(S(=O)(=O)N[C@H](C=C[C@H](O)CN2CCCCC2)c2ccccc2)cc1. The van der Waals surface area contributed by atoms with Crippen LogP contribution < -0.4 is 4.72 Å². The molecule has 0 aromatic heterocycles. The van der Waals surface area contributed by atoms with Crippen LogP contribution in [0.25, 0.3) is 0 Å². The van der Waals surface area contributed by atoms with E-state index in [-0.39, 0.29) is 4.90 Å². The number of likely N-dealkylation sites (tertiary alicyclic amines) is 1. The van der Waals surface area contributed by atoms with Gasteiger partial charge >= 0.3 is 0 Å². The molecule has 1 fully saturated rings. The minimum Gasteiger partial charge on any atom is -0.388 e. The van der Waals surface area contributed by atoms with E-state index in [4.69, 9.17) is 0 Å². The average molecular weight is 415 g/mol. The third-order valence-corrected chi connectivity index (χ3v) is 6.65. The van der Waals surface area contributed by atoms with Gasteiger partial charge in [-0.2, -0.15) is 4.72 Å². The lowest BCUT2D eigenvalue weighted by Crippen LogP contribution is -2.35. The highest BCUT2D eigenvalue weighted by molar-refractivity contribution is 7.89. The van der Waals surface area contributed by atoms with Crippen molar-refractivity contribution in [2.45, 2.75) is 43.2 Å². The summed E-state index contributed by atoms with van der Waals surface area (Å²) in [4.78, 5) is 2.48. The first kappa shape index (κ1) is 21.7. The molecule has 1 heterocycles. The van der Waals surface area contributed by atoms with Crippen LogP contribution in [0.5, 0.6) is 0 Å². The Morgan fingerprint density at radius 2 is 1.66 bits per heavy atom. The lowest BCUT2D eigenvalue weighted by atomic mass is 10.1. The smallest absolute Gasteiger partial charge is 0.241 e. The first-order valence-corrected chi connectivity index (χ1v) is 11.6. The first-order valence-electron chi connectivity index (χ1n) is 10.2. The van der Waals surface area contributed by atoms with Crippen LogP contribution in [0.15, 0.2) is 71.6 Å². The topological polar surface area (TPSA) is 69.6 Å². The lowest BCUT2D eigenvalue weighted by molar-refractivity contribution is 0.131. The minimum absolute atomic E-state index is 0.228. The molecular weight excluding hydrogens is 384 g/mol. The van der Waals surface area contributed by atoms with Crippen LogP contribution in [0.4, 0.5) is 0 Å². The molecule has 156 valence electrons. The van der Waals surface area contributed by atoms with Crippen LogP contribution in [0.1, 0.15) is 36.4 Å². The first-order chi connectivity index (χ1) is 13.9. The number of benzene rings is 2. The number of piperidine rings is 1. The Morgan fingerprint density at radius 1 is 1.00 bits per heavy atom. The molecule has 0 radical (unpaired) electrons. The highest BCUT2D eigenvalue weighted by Crippen LogP contribution is 2.19. The summed E-state index contributed by atoms with van der Waals surface area (Å²) >= 11 is 0. The Morgan fingerprint density at radius 3 is 2.31 bits per heavy atom. The fraction of sp³-hybridized carbons (Fsp3) is 0.391. The summed E-state index contributed by atoms with van der Waals surface area (Å²) in [6.45, 7) is 4.51. The fourth-order valence-corrected chi connectivity index (χ4v) is 4.72. The molecule has 0 bridgehead atoms. The molecule has 2 aromatic carbocycles. The number of nitrogens with zero attached hydrogens (tertiary/aromatic N) is 1. The van der Waals surface area contributed by atoms with E-state index >= 15 is 0 Å². The molecule has 0 aliphatic carbocycles. The summed E-state index contributed by atoms with van der Waals surface area (Å²) in [5.41, 5.74) is 1.83. The molecule has 0 saturated carbocycles. The van der Waals surface area contributed by atoms with Gasteiger partial charge in [-0.15, -0.1) is 0 Å². The molecule has 3 rings (SSSR count). The van der Waals surface area contributed by atoms with E-state index in [0.29, 0.717) is 6.54 Å². The molecular formula is C23H30N2O3S. The average Bonchev–Trinajstić information content (AvgIpc) is 2.73. The predicted octanol–water partition coefficient (Wildman–Crippen LogP) is 3.42. The molecule has 0 unspecified atom stereocenters. The number of rotatable bonds is 8. The number of aryl methyl sites for hydroxylation is 1. The number of nitrogens with one attached hydrogen (secondary N) is 1. The molecule has 29 heavy (non-hydrogen) atoms. The third kappa shape index (κ3) is 6.51. The Labute approximate surface area is 174 Å². The van der Waals surface area contributed by atoms with Crippen molar-refractivity contribution in [3.8, 4) is 0 Å². The second kappa shape index (κ2) is 10.2. The van der Waals surface area contributed by atoms with Crippen LogP contribution >= 0.6 is 0 Å². The zero-order chi connectivity index (χ0) is 20.7. The monoisotopic (exact) mass is 414 g/mol. The van der Waals surface area contributed by atoms with Crippen molar-refractivity contribution in [1.82, 2.24) is 9.62 Å². The molecule has 1 saturated heterocycles. The maximum Gasteiger partial charge on any atom is 0.241 e. The second-order valence-electron chi connectivity index (χ2n) is 7.64. The number of sulfonamides is 1.